The summed E-state index contributed by atoms with van der Waals surface area (Å²) in [5.74, 6) is 0. The first-order valence-corrected chi connectivity index (χ1v) is 11.4. The standard InChI is InChI=1S/C22H28Br2O/c23-13-3-1-7-19-9-5-11-21(15-19)17-25-18-22-12-6-10-20(16-22)8-2-4-14-24/h5-6,9-12,15-16H,1-4,7-8,13-14,17-18H2. The van der Waals surface area contributed by atoms with Crippen LogP contribution in [-0.4, -0.2) is 10.7 Å². The van der Waals surface area contributed by atoms with Crippen molar-refractivity contribution in [1.82, 2.24) is 0 Å². The van der Waals surface area contributed by atoms with Crippen molar-refractivity contribution < 1.29 is 4.74 Å². The van der Waals surface area contributed by atoms with Crippen LogP contribution in [0.3, 0.4) is 0 Å². The van der Waals surface area contributed by atoms with Gasteiger partial charge in [-0.25, -0.2) is 0 Å². The van der Waals surface area contributed by atoms with Gasteiger partial charge in [-0.1, -0.05) is 80.4 Å². The quantitative estimate of drug-likeness (QED) is 0.245. The molecule has 0 bridgehead atoms. The Morgan fingerprint density at radius 3 is 1.48 bits per heavy atom. The highest BCUT2D eigenvalue weighted by Crippen LogP contribution is 2.13. The summed E-state index contributed by atoms with van der Waals surface area (Å²) >= 11 is 6.99. The van der Waals surface area contributed by atoms with E-state index in [1.165, 1.54) is 47.9 Å². The Kier molecular flexibility index (Phi) is 10.5. The molecule has 0 radical (unpaired) electrons. The summed E-state index contributed by atoms with van der Waals surface area (Å²) in [5.41, 5.74) is 5.36. The minimum Gasteiger partial charge on any atom is -0.372 e. The summed E-state index contributed by atoms with van der Waals surface area (Å²) in [6.07, 6.45) is 7.22. The van der Waals surface area contributed by atoms with Crippen LogP contribution in [0, 0.1) is 0 Å². The van der Waals surface area contributed by atoms with Crippen molar-refractivity contribution in [2.75, 3.05) is 10.7 Å². The first-order valence-electron chi connectivity index (χ1n) is 9.17. The number of alkyl halides is 2. The largest absolute Gasteiger partial charge is 0.372 e. The van der Waals surface area contributed by atoms with Gasteiger partial charge in [0.25, 0.3) is 0 Å². The average molecular weight is 468 g/mol. The highest BCUT2D eigenvalue weighted by molar-refractivity contribution is 9.09. The molecule has 0 saturated heterocycles. The molecule has 136 valence electrons. The number of unbranched alkanes of at least 4 members (excludes halogenated alkanes) is 2. The molecule has 25 heavy (non-hydrogen) atoms. The van der Waals surface area contributed by atoms with E-state index in [-0.39, 0.29) is 0 Å². The summed E-state index contributed by atoms with van der Waals surface area (Å²) in [6, 6.07) is 17.6. The maximum atomic E-state index is 5.95. The number of benzene rings is 2. The first kappa shape index (κ1) is 20.7. The second kappa shape index (κ2) is 12.7. The second-order valence-corrected chi connectivity index (χ2v) is 8.01. The predicted octanol–water partition coefficient (Wildman–Crippen LogP) is 6.84. The lowest BCUT2D eigenvalue weighted by molar-refractivity contribution is 0.107. The molecule has 3 heteroatoms. The van der Waals surface area contributed by atoms with Gasteiger partial charge >= 0.3 is 0 Å². The van der Waals surface area contributed by atoms with Crippen LogP contribution in [0.4, 0.5) is 0 Å². The molecule has 0 heterocycles. The maximum absolute atomic E-state index is 5.95. The summed E-state index contributed by atoms with van der Waals surface area (Å²) < 4.78 is 5.95. The SMILES string of the molecule is BrCCCCc1cccc(COCc2cccc(CCCCBr)c2)c1. The van der Waals surface area contributed by atoms with Gasteiger partial charge in [-0.15, -0.1) is 0 Å². The number of rotatable bonds is 12. The molecule has 0 atom stereocenters. The zero-order chi connectivity index (χ0) is 17.7. The Bertz CT molecular complexity index is 559. The van der Waals surface area contributed by atoms with Crippen LogP contribution in [0.15, 0.2) is 48.5 Å². The van der Waals surface area contributed by atoms with E-state index in [0.717, 1.165) is 23.5 Å². The lowest BCUT2D eigenvalue weighted by Crippen LogP contribution is -1.97. The van der Waals surface area contributed by atoms with Crippen LogP contribution in [0.25, 0.3) is 0 Å². The van der Waals surface area contributed by atoms with Gasteiger partial charge in [0, 0.05) is 10.7 Å². The third-order valence-electron chi connectivity index (χ3n) is 4.22. The van der Waals surface area contributed by atoms with Crippen molar-refractivity contribution in [2.24, 2.45) is 0 Å². The fourth-order valence-electron chi connectivity index (χ4n) is 2.88. The molecule has 2 rings (SSSR count). The van der Waals surface area contributed by atoms with E-state index in [1.54, 1.807) is 0 Å². The normalized spacial score (nSPS) is 11.0. The van der Waals surface area contributed by atoms with Gasteiger partial charge in [-0.2, -0.15) is 0 Å². The van der Waals surface area contributed by atoms with E-state index in [1.807, 2.05) is 0 Å². The Hall–Kier alpha value is -0.640. The molecule has 0 spiro atoms. The molecular formula is C22H28Br2O. The molecular weight excluding hydrogens is 440 g/mol. The van der Waals surface area contributed by atoms with E-state index in [2.05, 4.69) is 80.4 Å². The van der Waals surface area contributed by atoms with Gasteiger partial charge in [0.1, 0.15) is 0 Å². The number of ether oxygens (including phenoxy) is 1. The van der Waals surface area contributed by atoms with E-state index >= 15 is 0 Å². The van der Waals surface area contributed by atoms with Crippen molar-refractivity contribution in [3.63, 3.8) is 0 Å². The minimum atomic E-state index is 0.681. The molecule has 2 aromatic rings. The molecule has 0 aliphatic carbocycles. The van der Waals surface area contributed by atoms with Gasteiger partial charge in [0.15, 0.2) is 0 Å². The lowest BCUT2D eigenvalue weighted by Gasteiger charge is -2.08. The smallest absolute Gasteiger partial charge is 0.0721 e. The van der Waals surface area contributed by atoms with Gasteiger partial charge in [0.05, 0.1) is 13.2 Å². The van der Waals surface area contributed by atoms with Crippen LogP contribution >= 0.6 is 31.9 Å². The molecule has 0 fully saturated rings. The highest BCUT2D eigenvalue weighted by Gasteiger charge is 2.00. The number of hydrogen-bond acceptors (Lipinski definition) is 1. The topological polar surface area (TPSA) is 9.23 Å². The van der Waals surface area contributed by atoms with Crippen molar-refractivity contribution in [3.8, 4) is 0 Å². The van der Waals surface area contributed by atoms with Gasteiger partial charge in [-0.05, 0) is 60.8 Å². The van der Waals surface area contributed by atoms with Gasteiger partial charge in [0.2, 0.25) is 0 Å². The molecule has 0 N–H and O–H groups in total. The van der Waals surface area contributed by atoms with E-state index in [0.29, 0.717) is 13.2 Å². The Balaban J connectivity index is 1.78. The van der Waals surface area contributed by atoms with Crippen molar-refractivity contribution in [3.05, 3.63) is 70.8 Å². The van der Waals surface area contributed by atoms with Crippen LogP contribution in [0.1, 0.15) is 47.9 Å². The fourth-order valence-corrected chi connectivity index (χ4v) is 3.68. The molecule has 0 aliphatic rings. The highest BCUT2D eigenvalue weighted by atomic mass is 79.9. The van der Waals surface area contributed by atoms with Gasteiger partial charge in [-0.3, -0.25) is 0 Å². The Morgan fingerprint density at radius 1 is 0.600 bits per heavy atom. The van der Waals surface area contributed by atoms with Crippen molar-refractivity contribution >= 4 is 31.9 Å². The summed E-state index contributed by atoms with van der Waals surface area (Å²) in [6.45, 7) is 1.36. The van der Waals surface area contributed by atoms with Crippen LogP contribution in [0.5, 0.6) is 0 Å². The zero-order valence-corrected chi connectivity index (χ0v) is 18.0. The summed E-state index contributed by atoms with van der Waals surface area (Å²) in [4.78, 5) is 0. The Labute approximate surface area is 169 Å². The third-order valence-corrected chi connectivity index (χ3v) is 5.34. The zero-order valence-electron chi connectivity index (χ0n) is 14.9. The Morgan fingerprint density at radius 2 is 1.04 bits per heavy atom. The predicted molar refractivity (Wildman–Crippen MR) is 115 cm³/mol. The minimum absolute atomic E-state index is 0.681. The number of hydrogen-bond donors (Lipinski definition) is 0. The van der Waals surface area contributed by atoms with E-state index < -0.39 is 0 Å². The fraction of sp³-hybridized carbons (Fsp3) is 0.455. The summed E-state index contributed by atoms with van der Waals surface area (Å²) in [5, 5.41) is 2.18. The molecule has 0 saturated carbocycles. The molecule has 2 aromatic carbocycles. The molecule has 0 aliphatic heterocycles. The maximum Gasteiger partial charge on any atom is 0.0721 e. The third kappa shape index (κ3) is 8.52. The van der Waals surface area contributed by atoms with Crippen molar-refractivity contribution in [1.29, 1.82) is 0 Å². The molecule has 1 nitrogen and oxygen atoms in total. The van der Waals surface area contributed by atoms with E-state index in [4.69, 9.17) is 4.74 Å². The number of halogens is 2. The number of aryl methyl sites for hydroxylation is 2. The van der Waals surface area contributed by atoms with Crippen molar-refractivity contribution in [2.45, 2.75) is 51.7 Å². The molecule has 0 unspecified atom stereocenters. The average Bonchev–Trinajstić information content (AvgIpc) is 2.63. The van der Waals surface area contributed by atoms with Gasteiger partial charge < -0.3 is 4.74 Å². The van der Waals surface area contributed by atoms with Crippen LogP contribution in [0.2, 0.25) is 0 Å². The molecule has 0 amide bonds. The van der Waals surface area contributed by atoms with E-state index in [9.17, 15) is 0 Å². The monoisotopic (exact) mass is 466 g/mol. The lowest BCUT2D eigenvalue weighted by atomic mass is 10.1. The van der Waals surface area contributed by atoms with Crippen LogP contribution < -0.4 is 0 Å². The van der Waals surface area contributed by atoms with Crippen LogP contribution in [-0.2, 0) is 30.8 Å². The summed E-state index contributed by atoms with van der Waals surface area (Å²) in [7, 11) is 0. The second-order valence-electron chi connectivity index (χ2n) is 6.42. The first-order chi connectivity index (χ1) is 12.3. The molecule has 0 aromatic heterocycles.